The summed E-state index contributed by atoms with van der Waals surface area (Å²) in [6, 6.07) is -1.84. The standard InChI is InChI=1S/C10H17NO7/c1-10(2,3)18-9(16)11-5(7(13)14)6(12)8(15)17-4/h5-6,12H,1-4H3,(H,11,16)(H,13,14)/t5-,6-/m0/s1. The first-order valence-corrected chi connectivity index (χ1v) is 5.06. The van der Waals surface area contributed by atoms with Crippen LogP contribution in [0, 0.1) is 0 Å². The molecule has 0 aliphatic heterocycles. The molecule has 0 fully saturated rings. The molecule has 0 aromatic carbocycles. The quantitative estimate of drug-likeness (QED) is 0.584. The summed E-state index contributed by atoms with van der Waals surface area (Å²) in [5.74, 6) is -2.75. The number of methoxy groups -OCH3 is 1. The van der Waals surface area contributed by atoms with Gasteiger partial charge in [0, 0.05) is 0 Å². The number of ether oxygens (including phenoxy) is 2. The fourth-order valence-electron chi connectivity index (χ4n) is 0.967. The van der Waals surface area contributed by atoms with Crippen LogP contribution in [0.15, 0.2) is 0 Å². The first-order chi connectivity index (χ1) is 8.08. The first-order valence-electron chi connectivity index (χ1n) is 5.06. The minimum Gasteiger partial charge on any atom is -0.480 e. The average molecular weight is 263 g/mol. The Morgan fingerprint density at radius 2 is 1.72 bits per heavy atom. The molecule has 0 aromatic rings. The van der Waals surface area contributed by atoms with Crippen molar-refractivity contribution in [3.63, 3.8) is 0 Å². The maximum Gasteiger partial charge on any atom is 0.408 e. The fourth-order valence-corrected chi connectivity index (χ4v) is 0.967. The van der Waals surface area contributed by atoms with Crippen LogP contribution in [0.4, 0.5) is 4.79 Å². The number of carbonyl (C=O) groups excluding carboxylic acids is 2. The highest BCUT2D eigenvalue weighted by Crippen LogP contribution is 2.07. The van der Waals surface area contributed by atoms with Crippen LogP contribution in [-0.2, 0) is 19.1 Å². The van der Waals surface area contributed by atoms with Crippen LogP contribution in [0.5, 0.6) is 0 Å². The Bertz CT molecular complexity index is 334. The Kier molecular flexibility index (Phi) is 5.57. The number of aliphatic carboxylic acids is 1. The minimum atomic E-state index is -2.01. The molecule has 2 atom stereocenters. The predicted molar refractivity (Wildman–Crippen MR) is 58.8 cm³/mol. The number of amides is 1. The normalized spacial score (nSPS) is 14.3. The number of aliphatic hydroxyl groups excluding tert-OH is 1. The Morgan fingerprint density at radius 1 is 1.22 bits per heavy atom. The molecular formula is C10H17NO7. The summed E-state index contributed by atoms with van der Waals surface area (Å²) in [4.78, 5) is 33.2. The lowest BCUT2D eigenvalue weighted by atomic mass is 10.1. The summed E-state index contributed by atoms with van der Waals surface area (Å²) < 4.78 is 8.99. The Balaban J connectivity index is 4.70. The topological polar surface area (TPSA) is 122 Å². The molecule has 3 N–H and O–H groups in total. The minimum absolute atomic E-state index is 0.830. The van der Waals surface area contributed by atoms with E-state index in [1.54, 1.807) is 20.8 Å². The van der Waals surface area contributed by atoms with Crippen LogP contribution < -0.4 is 5.32 Å². The third-order valence-corrected chi connectivity index (χ3v) is 1.70. The van der Waals surface area contributed by atoms with Gasteiger partial charge in [0.1, 0.15) is 5.60 Å². The molecule has 0 radical (unpaired) electrons. The summed E-state index contributed by atoms with van der Waals surface area (Å²) >= 11 is 0. The van der Waals surface area contributed by atoms with Gasteiger partial charge in [-0.15, -0.1) is 0 Å². The summed E-state index contributed by atoms with van der Waals surface area (Å²) in [5, 5.41) is 20.0. The van der Waals surface area contributed by atoms with E-state index in [4.69, 9.17) is 9.84 Å². The number of rotatable bonds is 4. The molecule has 0 aliphatic rings. The van der Waals surface area contributed by atoms with E-state index in [1.807, 2.05) is 5.32 Å². The van der Waals surface area contributed by atoms with E-state index >= 15 is 0 Å². The van der Waals surface area contributed by atoms with Crippen molar-refractivity contribution in [1.29, 1.82) is 0 Å². The van der Waals surface area contributed by atoms with Crippen LogP contribution in [0.1, 0.15) is 20.8 Å². The van der Waals surface area contributed by atoms with Gasteiger partial charge in [0.2, 0.25) is 0 Å². The number of alkyl carbamates (subject to hydrolysis) is 1. The maximum absolute atomic E-state index is 11.3. The number of carboxylic acids is 1. The van der Waals surface area contributed by atoms with Crippen LogP contribution in [0.2, 0.25) is 0 Å². The smallest absolute Gasteiger partial charge is 0.408 e. The van der Waals surface area contributed by atoms with Gasteiger partial charge in [-0.05, 0) is 20.8 Å². The summed E-state index contributed by atoms with van der Waals surface area (Å²) in [5.41, 5.74) is -0.830. The van der Waals surface area contributed by atoms with Crippen LogP contribution in [-0.4, -0.2) is 53.1 Å². The molecule has 8 heteroatoms. The second-order valence-corrected chi connectivity index (χ2v) is 4.43. The van der Waals surface area contributed by atoms with Crippen LogP contribution in [0.25, 0.3) is 0 Å². The van der Waals surface area contributed by atoms with Gasteiger partial charge in [-0.3, -0.25) is 0 Å². The van der Waals surface area contributed by atoms with Crippen molar-refractivity contribution >= 4 is 18.0 Å². The summed E-state index contributed by atoms with van der Waals surface area (Å²) in [6.45, 7) is 4.75. The van der Waals surface area contributed by atoms with Crippen molar-refractivity contribution in [1.82, 2.24) is 5.32 Å². The number of carbonyl (C=O) groups is 3. The zero-order valence-electron chi connectivity index (χ0n) is 10.6. The lowest BCUT2D eigenvalue weighted by Crippen LogP contribution is -2.53. The van der Waals surface area contributed by atoms with E-state index in [9.17, 15) is 19.5 Å². The number of hydrogen-bond donors (Lipinski definition) is 3. The molecule has 0 saturated heterocycles. The Morgan fingerprint density at radius 3 is 2.06 bits per heavy atom. The Labute approximate surface area is 104 Å². The molecule has 0 rings (SSSR count). The van der Waals surface area contributed by atoms with Gasteiger partial charge in [-0.1, -0.05) is 0 Å². The molecule has 0 spiro atoms. The third-order valence-electron chi connectivity index (χ3n) is 1.70. The lowest BCUT2D eigenvalue weighted by Gasteiger charge is -2.23. The molecule has 18 heavy (non-hydrogen) atoms. The highest BCUT2D eigenvalue weighted by molar-refractivity contribution is 5.88. The van der Waals surface area contributed by atoms with Crippen molar-refractivity contribution in [2.75, 3.05) is 7.11 Å². The van der Waals surface area contributed by atoms with E-state index in [-0.39, 0.29) is 0 Å². The fraction of sp³-hybridized carbons (Fsp3) is 0.700. The first kappa shape index (κ1) is 16.2. The van der Waals surface area contributed by atoms with Gasteiger partial charge >= 0.3 is 18.0 Å². The van der Waals surface area contributed by atoms with Gasteiger partial charge < -0.3 is 25.0 Å². The number of esters is 1. The third kappa shape index (κ3) is 5.48. The number of aliphatic hydroxyl groups is 1. The van der Waals surface area contributed by atoms with Gasteiger partial charge in [-0.2, -0.15) is 0 Å². The van der Waals surface area contributed by atoms with Gasteiger partial charge in [-0.25, -0.2) is 14.4 Å². The second-order valence-electron chi connectivity index (χ2n) is 4.43. The molecule has 8 nitrogen and oxygen atoms in total. The van der Waals surface area contributed by atoms with Crippen molar-refractivity contribution in [2.45, 2.75) is 38.5 Å². The average Bonchev–Trinajstić information content (AvgIpc) is 2.20. The predicted octanol–water partition coefficient (Wildman–Crippen LogP) is -0.502. The molecule has 0 unspecified atom stereocenters. The van der Waals surface area contributed by atoms with E-state index in [1.165, 1.54) is 0 Å². The van der Waals surface area contributed by atoms with Crippen LogP contribution >= 0.6 is 0 Å². The number of hydrogen-bond acceptors (Lipinski definition) is 6. The molecule has 104 valence electrons. The molecule has 0 heterocycles. The molecule has 0 aromatic heterocycles. The van der Waals surface area contributed by atoms with E-state index in [0.29, 0.717) is 0 Å². The van der Waals surface area contributed by atoms with Crippen molar-refractivity contribution in [3.05, 3.63) is 0 Å². The van der Waals surface area contributed by atoms with Gasteiger partial charge in [0.25, 0.3) is 0 Å². The Hall–Kier alpha value is -1.83. The van der Waals surface area contributed by atoms with E-state index < -0.39 is 35.8 Å². The SMILES string of the molecule is COC(=O)[C@@H](O)[C@H](NC(=O)OC(C)(C)C)C(=O)O. The highest BCUT2D eigenvalue weighted by Gasteiger charge is 2.35. The molecule has 0 saturated carbocycles. The van der Waals surface area contributed by atoms with Crippen molar-refractivity contribution in [2.24, 2.45) is 0 Å². The van der Waals surface area contributed by atoms with Crippen molar-refractivity contribution in [3.8, 4) is 0 Å². The summed E-state index contributed by atoms with van der Waals surface area (Å²) in [6.07, 6.45) is -3.07. The van der Waals surface area contributed by atoms with E-state index in [0.717, 1.165) is 7.11 Å². The number of carboxylic acid groups (broad SMARTS) is 1. The molecule has 0 bridgehead atoms. The zero-order valence-corrected chi connectivity index (χ0v) is 10.6. The molecular weight excluding hydrogens is 246 g/mol. The van der Waals surface area contributed by atoms with Crippen molar-refractivity contribution < 1.29 is 34.1 Å². The maximum atomic E-state index is 11.3. The highest BCUT2D eigenvalue weighted by atomic mass is 16.6. The monoisotopic (exact) mass is 263 g/mol. The molecule has 0 aliphatic carbocycles. The second kappa shape index (κ2) is 6.20. The molecule has 1 amide bonds. The lowest BCUT2D eigenvalue weighted by molar-refractivity contribution is -0.158. The van der Waals surface area contributed by atoms with Gasteiger partial charge in [0.05, 0.1) is 7.11 Å². The van der Waals surface area contributed by atoms with Crippen LogP contribution in [0.3, 0.4) is 0 Å². The number of nitrogens with one attached hydrogen (secondary N) is 1. The van der Waals surface area contributed by atoms with E-state index in [2.05, 4.69) is 4.74 Å². The zero-order chi connectivity index (χ0) is 14.5. The summed E-state index contributed by atoms with van der Waals surface area (Å²) in [7, 11) is 0.984. The van der Waals surface area contributed by atoms with Gasteiger partial charge in [0.15, 0.2) is 12.1 Å². The largest absolute Gasteiger partial charge is 0.480 e.